The van der Waals surface area contributed by atoms with Gasteiger partial charge in [-0.2, -0.15) is 0 Å². The molecule has 0 aliphatic carbocycles. The predicted octanol–water partition coefficient (Wildman–Crippen LogP) is 5.19. The molecule has 0 heterocycles. The van der Waals surface area contributed by atoms with Gasteiger partial charge in [0, 0.05) is 18.1 Å². The van der Waals surface area contributed by atoms with E-state index in [1.54, 1.807) is 74.5 Å². The monoisotopic (exact) mass is 585 g/mol. The van der Waals surface area contributed by atoms with Crippen molar-refractivity contribution in [3.05, 3.63) is 88.9 Å². The number of halogens is 1. The van der Waals surface area contributed by atoms with Gasteiger partial charge in [-0.3, -0.25) is 13.9 Å². The fraction of sp³-hybridized carbons (Fsp3) is 0.333. The van der Waals surface area contributed by atoms with E-state index in [-0.39, 0.29) is 23.0 Å². The van der Waals surface area contributed by atoms with Gasteiger partial charge in [0.2, 0.25) is 11.8 Å². The van der Waals surface area contributed by atoms with Gasteiger partial charge in [-0.15, -0.1) is 0 Å². The molecule has 0 fully saturated rings. The summed E-state index contributed by atoms with van der Waals surface area (Å²) in [5, 5.41) is 3.34. The topological polar surface area (TPSA) is 96.0 Å². The molecule has 0 aromatic heterocycles. The van der Waals surface area contributed by atoms with Crippen LogP contribution in [-0.4, -0.2) is 50.9 Å². The maximum absolute atomic E-state index is 14.1. The number of ether oxygens (including phenoxy) is 1. The highest BCUT2D eigenvalue weighted by Gasteiger charge is 2.34. The molecule has 3 aromatic rings. The molecule has 0 bridgehead atoms. The summed E-state index contributed by atoms with van der Waals surface area (Å²) >= 11 is 6.06. The first-order chi connectivity index (χ1) is 19.1. The van der Waals surface area contributed by atoms with Crippen molar-refractivity contribution in [2.24, 2.45) is 0 Å². The molecule has 10 heteroatoms. The smallest absolute Gasteiger partial charge is 0.264 e. The Labute approximate surface area is 241 Å². The minimum atomic E-state index is -4.19. The number of nitrogens with one attached hydrogen (secondary N) is 1. The van der Waals surface area contributed by atoms with Crippen LogP contribution >= 0.6 is 11.6 Å². The third-order valence-corrected chi connectivity index (χ3v) is 8.35. The molecule has 0 aliphatic rings. The number of hydrogen-bond donors (Lipinski definition) is 1. The minimum Gasteiger partial charge on any atom is -0.492 e. The van der Waals surface area contributed by atoms with Crippen LogP contribution in [0.5, 0.6) is 5.75 Å². The lowest BCUT2D eigenvalue weighted by Gasteiger charge is -2.33. The van der Waals surface area contributed by atoms with Gasteiger partial charge in [0.15, 0.2) is 0 Å². The van der Waals surface area contributed by atoms with E-state index < -0.39 is 28.5 Å². The van der Waals surface area contributed by atoms with Crippen LogP contribution < -0.4 is 14.4 Å². The highest BCUT2D eigenvalue weighted by atomic mass is 35.5. The van der Waals surface area contributed by atoms with Gasteiger partial charge in [-0.25, -0.2) is 8.42 Å². The summed E-state index contributed by atoms with van der Waals surface area (Å²) in [4.78, 5) is 28.6. The molecule has 0 saturated heterocycles. The Morgan fingerprint density at radius 2 is 1.60 bits per heavy atom. The number of hydrogen-bond acceptors (Lipinski definition) is 5. The van der Waals surface area contributed by atoms with Crippen molar-refractivity contribution in [2.75, 3.05) is 24.0 Å². The second-order valence-corrected chi connectivity index (χ2v) is 11.5. The molecule has 0 unspecified atom stereocenters. The van der Waals surface area contributed by atoms with Gasteiger partial charge in [-0.1, -0.05) is 60.5 Å². The van der Waals surface area contributed by atoms with E-state index in [1.807, 2.05) is 13.8 Å². The van der Waals surface area contributed by atoms with Gasteiger partial charge in [0.25, 0.3) is 10.0 Å². The lowest BCUT2D eigenvalue weighted by molar-refractivity contribution is -0.140. The van der Waals surface area contributed by atoms with E-state index >= 15 is 0 Å². The lowest BCUT2D eigenvalue weighted by Crippen LogP contribution is -2.52. The number of carbonyl (C=O) groups is 2. The number of anilines is 1. The van der Waals surface area contributed by atoms with E-state index in [1.165, 1.54) is 17.0 Å². The minimum absolute atomic E-state index is 0.0391. The maximum Gasteiger partial charge on any atom is 0.264 e. The Balaban J connectivity index is 2.10. The standard InChI is InChI=1S/C30H36ClN3O5S/c1-5-26(30(36)32-6-2)33(20-23-14-16-24(31)17-15-23)29(35)21-34(27-10-8-9-11-28(27)39-7-3)40(37,38)25-18-12-22(4)13-19-25/h8-19,26H,5-7,20-21H2,1-4H3,(H,32,36)/t26-/m1/s1. The average molecular weight is 586 g/mol. The first-order valence-corrected chi connectivity index (χ1v) is 15.1. The van der Waals surface area contributed by atoms with Crippen molar-refractivity contribution >= 4 is 39.1 Å². The van der Waals surface area contributed by atoms with E-state index in [0.717, 1.165) is 15.4 Å². The highest BCUT2D eigenvalue weighted by molar-refractivity contribution is 7.92. The Kier molecular flexibility index (Phi) is 11.0. The molecule has 0 aliphatic heterocycles. The summed E-state index contributed by atoms with van der Waals surface area (Å²) in [6, 6.07) is 19.3. The largest absolute Gasteiger partial charge is 0.492 e. The van der Waals surface area contributed by atoms with E-state index in [9.17, 15) is 18.0 Å². The molecule has 1 atom stereocenters. The number of amides is 2. The number of carbonyl (C=O) groups excluding carboxylic acids is 2. The summed E-state index contributed by atoms with van der Waals surface area (Å²) in [5.74, 6) is -0.515. The van der Waals surface area contributed by atoms with E-state index in [4.69, 9.17) is 16.3 Å². The number of sulfonamides is 1. The molecule has 40 heavy (non-hydrogen) atoms. The zero-order chi connectivity index (χ0) is 29.3. The number of benzene rings is 3. The Bertz CT molecular complexity index is 1400. The van der Waals surface area contributed by atoms with Crippen LogP contribution in [0.4, 0.5) is 5.69 Å². The Hall–Kier alpha value is -3.56. The third-order valence-electron chi connectivity index (χ3n) is 6.32. The van der Waals surface area contributed by atoms with Crippen LogP contribution in [0.1, 0.15) is 38.3 Å². The van der Waals surface area contributed by atoms with Crippen molar-refractivity contribution in [2.45, 2.75) is 51.6 Å². The fourth-order valence-electron chi connectivity index (χ4n) is 4.29. The summed E-state index contributed by atoms with van der Waals surface area (Å²) in [7, 11) is -4.19. The highest BCUT2D eigenvalue weighted by Crippen LogP contribution is 2.33. The molecule has 3 rings (SSSR count). The second kappa shape index (κ2) is 14.2. The molecule has 8 nitrogen and oxygen atoms in total. The van der Waals surface area contributed by atoms with Crippen LogP contribution in [0, 0.1) is 6.92 Å². The molecule has 0 spiro atoms. The zero-order valence-electron chi connectivity index (χ0n) is 23.3. The normalized spacial score (nSPS) is 11.9. The van der Waals surface area contributed by atoms with Crippen molar-refractivity contribution in [1.82, 2.24) is 10.2 Å². The van der Waals surface area contributed by atoms with Crippen LogP contribution in [0.25, 0.3) is 0 Å². The molecular weight excluding hydrogens is 550 g/mol. The van der Waals surface area contributed by atoms with Crippen LogP contribution in [-0.2, 0) is 26.2 Å². The van der Waals surface area contributed by atoms with Gasteiger partial charge in [0.1, 0.15) is 18.3 Å². The molecular formula is C30H36ClN3O5S. The van der Waals surface area contributed by atoms with Gasteiger partial charge >= 0.3 is 0 Å². The van der Waals surface area contributed by atoms with Gasteiger partial charge < -0.3 is 15.0 Å². The molecule has 2 amide bonds. The van der Waals surface area contributed by atoms with Crippen LogP contribution in [0.2, 0.25) is 5.02 Å². The van der Waals surface area contributed by atoms with E-state index in [2.05, 4.69) is 5.32 Å². The molecule has 214 valence electrons. The molecule has 1 N–H and O–H groups in total. The maximum atomic E-state index is 14.1. The Morgan fingerprint density at radius 3 is 2.20 bits per heavy atom. The number of para-hydroxylation sites is 2. The summed E-state index contributed by atoms with van der Waals surface area (Å²) in [5.41, 5.74) is 1.89. The third kappa shape index (κ3) is 7.55. The molecule has 0 saturated carbocycles. The molecule has 0 radical (unpaired) electrons. The van der Waals surface area contributed by atoms with Gasteiger partial charge in [-0.05, 0) is 69.2 Å². The summed E-state index contributed by atoms with van der Waals surface area (Å²) in [6.45, 7) is 7.54. The van der Waals surface area contributed by atoms with Crippen LogP contribution in [0.3, 0.4) is 0 Å². The summed E-state index contributed by atoms with van der Waals surface area (Å²) < 4.78 is 34.9. The first-order valence-electron chi connectivity index (χ1n) is 13.2. The number of likely N-dealkylation sites (N-methyl/N-ethyl adjacent to an activating group) is 1. The van der Waals surface area contributed by atoms with Crippen LogP contribution in [0.15, 0.2) is 77.7 Å². The van der Waals surface area contributed by atoms with Crippen molar-refractivity contribution in [3.63, 3.8) is 0 Å². The summed E-state index contributed by atoms with van der Waals surface area (Å²) in [6.07, 6.45) is 0.339. The Morgan fingerprint density at radius 1 is 0.950 bits per heavy atom. The average Bonchev–Trinajstić information content (AvgIpc) is 2.93. The van der Waals surface area contributed by atoms with Gasteiger partial charge in [0.05, 0.1) is 17.2 Å². The SMILES string of the molecule is CCNC(=O)[C@@H](CC)N(Cc1ccc(Cl)cc1)C(=O)CN(c1ccccc1OCC)S(=O)(=O)c1ccc(C)cc1. The van der Waals surface area contributed by atoms with Crippen molar-refractivity contribution in [1.29, 1.82) is 0 Å². The zero-order valence-corrected chi connectivity index (χ0v) is 24.8. The second-order valence-electron chi connectivity index (χ2n) is 9.19. The number of nitrogens with zero attached hydrogens (tertiary/aromatic N) is 2. The van der Waals surface area contributed by atoms with E-state index in [0.29, 0.717) is 30.3 Å². The van der Waals surface area contributed by atoms with Crippen molar-refractivity contribution < 1.29 is 22.7 Å². The van der Waals surface area contributed by atoms with Crippen molar-refractivity contribution in [3.8, 4) is 5.75 Å². The quantitative estimate of drug-likeness (QED) is 0.298. The predicted molar refractivity (Wildman–Crippen MR) is 158 cm³/mol. The molecule has 3 aromatic carbocycles. The first kappa shape index (κ1) is 31.0. The lowest BCUT2D eigenvalue weighted by atomic mass is 10.1. The fourth-order valence-corrected chi connectivity index (χ4v) is 5.84. The number of aryl methyl sites for hydroxylation is 1. The number of rotatable bonds is 13.